The third-order valence-corrected chi connectivity index (χ3v) is 3.17. The van der Waals surface area contributed by atoms with E-state index in [1.165, 1.54) is 0 Å². The fourth-order valence-corrected chi connectivity index (χ4v) is 1.98. The molecule has 0 radical (unpaired) electrons. The van der Waals surface area contributed by atoms with Crippen molar-refractivity contribution in [2.75, 3.05) is 0 Å². The molecule has 5 heteroatoms. The summed E-state index contributed by atoms with van der Waals surface area (Å²) in [5.41, 5.74) is 12.2. The van der Waals surface area contributed by atoms with Crippen LogP contribution in [0.15, 0.2) is 54.2 Å². The number of nitrogens with zero attached hydrogens (tertiary/aromatic N) is 1. The Morgan fingerprint density at radius 3 is 2.43 bits per heavy atom. The number of rotatable bonds is 4. The maximum absolute atomic E-state index is 9.06. The molecule has 0 aromatic heterocycles. The highest BCUT2D eigenvalue weighted by Crippen LogP contribution is 2.23. The summed E-state index contributed by atoms with van der Waals surface area (Å²) < 4.78 is 0. The highest BCUT2D eigenvalue weighted by atomic mass is 16.3. The SMILES string of the molecule is N#C/C(NN)=C(/N)c1cccc(-c2ccc(CO)cc2)c1. The number of hydrogen-bond donors (Lipinski definition) is 4. The smallest absolute Gasteiger partial charge is 0.151 e. The molecule has 106 valence electrons. The molecule has 0 aliphatic heterocycles. The summed E-state index contributed by atoms with van der Waals surface area (Å²) >= 11 is 0. The molecule has 2 aromatic rings. The molecule has 0 atom stereocenters. The van der Waals surface area contributed by atoms with Crippen LogP contribution < -0.4 is 17.0 Å². The zero-order valence-electron chi connectivity index (χ0n) is 11.4. The number of aliphatic hydroxyl groups is 1. The minimum atomic E-state index is 0.0176. The largest absolute Gasteiger partial charge is 0.396 e. The minimum absolute atomic E-state index is 0.0176. The normalized spacial score (nSPS) is 11.5. The molecule has 0 unspecified atom stereocenters. The standard InChI is InChI=1S/C16H16N4O/c17-9-15(20-19)16(18)14-3-1-2-13(8-14)12-6-4-11(10-21)5-7-12/h1-8,20-21H,10,18-19H2/b16-15-. The van der Waals surface area contributed by atoms with Gasteiger partial charge in [0.25, 0.3) is 0 Å². The highest BCUT2D eigenvalue weighted by molar-refractivity contribution is 5.74. The van der Waals surface area contributed by atoms with Crippen molar-refractivity contribution in [3.05, 3.63) is 65.4 Å². The monoisotopic (exact) mass is 280 g/mol. The molecule has 0 saturated heterocycles. The van der Waals surface area contributed by atoms with E-state index in [9.17, 15) is 0 Å². The van der Waals surface area contributed by atoms with Crippen molar-refractivity contribution in [1.29, 1.82) is 5.26 Å². The first-order valence-corrected chi connectivity index (χ1v) is 6.36. The lowest BCUT2D eigenvalue weighted by Gasteiger charge is -2.08. The van der Waals surface area contributed by atoms with Crippen molar-refractivity contribution >= 4 is 5.70 Å². The van der Waals surface area contributed by atoms with Gasteiger partial charge >= 0.3 is 0 Å². The van der Waals surface area contributed by atoms with Gasteiger partial charge in [0.15, 0.2) is 5.70 Å². The fraction of sp³-hybridized carbons (Fsp3) is 0.0625. The van der Waals surface area contributed by atoms with Crippen molar-refractivity contribution in [1.82, 2.24) is 5.43 Å². The van der Waals surface area contributed by atoms with E-state index in [0.717, 1.165) is 16.7 Å². The van der Waals surface area contributed by atoms with Gasteiger partial charge in [-0.3, -0.25) is 0 Å². The summed E-state index contributed by atoms with van der Waals surface area (Å²) in [5.74, 6) is 5.27. The van der Waals surface area contributed by atoms with Crippen LogP contribution in [-0.2, 0) is 6.61 Å². The summed E-state index contributed by atoms with van der Waals surface area (Å²) in [6.07, 6.45) is 0. The number of nitrogens with one attached hydrogen (secondary N) is 1. The van der Waals surface area contributed by atoms with Gasteiger partial charge in [-0.25, -0.2) is 5.84 Å². The Morgan fingerprint density at radius 1 is 1.14 bits per heavy atom. The summed E-state index contributed by atoms with van der Waals surface area (Å²) in [6, 6.07) is 17.0. The Balaban J connectivity index is 2.42. The quantitative estimate of drug-likeness (QED) is 0.385. The third-order valence-electron chi connectivity index (χ3n) is 3.17. The number of hydrogen-bond acceptors (Lipinski definition) is 5. The van der Waals surface area contributed by atoms with Crippen molar-refractivity contribution < 1.29 is 5.11 Å². The molecule has 0 saturated carbocycles. The summed E-state index contributed by atoms with van der Waals surface area (Å²) in [4.78, 5) is 0. The molecular weight excluding hydrogens is 264 g/mol. The second kappa shape index (κ2) is 6.57. The van der Waals surface area contributed by atoms with Gasteiger partial charge in [-0.15, -0.1) is 0 Å². The maximum atomic E-state index is 9.06. The van der Waals surface area contributed by atoms with Crippen molar-refractivity contribution in [3.8, 4) is 17.2 Å². The average Bonchev–Trinajstić information content (AvgIpc) is 2.56. The molecule has 21 heavy (non-hydrogen) atoms. The number of nitriles is 1. The average molecular weight is 280 g/mol. The van der Waals surface area contributed by atoms with Crippen LogP contribution in [0.1, 0.15) is 11.1 Å². The highest BCUT2D eigenvalue weighted by Gasteiger charge is 2.06. The van der Waals surface area contributed by atoms with Gasteiger partial charge in [0, 0.05) is 5.56 Å². The van der Waals surface area contributed by atoms with E-state index in [1.54, 1.807) is 0 Å². The summed E-state index contributed by atoms with van der Waals surface area (Å²) in [5, 5.41) is 18.0. The number of benzene rings is 2. The van der Waals surface area contributed by atoms with Crippen LogP contribution in [0.4, 0.5) is 0 Å². The maximum Gasteiger partial charge on any atom is 0.151 e. The lowest BCUT2D eigenvalue weighted by Crippen LogP contribution is -2.23. The first-order valence-electron chi connectivity index (χ1n) is 6.36. The van der Waals surface area contributed by atoms with Gasteiger partial charge in [0.2, 0.25) is 0 Å². The summed E-state index contributed by atoms with van der Waals surface area (Å²) in [6.45, 7) is 0.0176. The van der Waals surface area contributed by atoms with Gasteiger partial charge in [-0.2, -0.15) is 5.26 Å². The Bertz CT molecular complexity index is 699. The molecule has 2 aromatic carbocycles. The molecular formula is C16H16N4O. The Morgan fingerprint density at radius 2 is 1.86 bits per heavy atom. The Labute approximate surface area is 123 Å². The van der Waals surface area contributed by atoms with Crippen LogP contribution in [0.2, 0.25) is 0 Å². The van der Waals surface area contributed by atoms with Crippen LogP contribution in [0.5, 0.6) is 0 Å². The lowest BCUT2D eigenvalue weighted by atomic mass is 10.0. The molecule has 6 N–H and O–H groups in total. The van der Waals surface area contributed by atoms with Crippen LogP contribution >= 0.6 is 0 Å². The van der Waals surface area contributed by atoms with Crippen molar-refractivity contribution in [2.24, 2.45) is 11.6 Å². The molecule has 0 fully saturated rings. The number of hydrazine groups is 1. The van der Waals surface area contributed by atoms with Gasteiger partial charge < -0.3 is 16.3 Å². The molecule has 0 heterocycles. The number of allylic oxidation sites excluding steroid dienone is 1. The lowest BCUT2D eigenvalue weighted by molar-refractivity contribution is 0.282. The van der Waals surface area contributed by atoms with Crippen LogP contribution in [0.3, 0.4) is 0 Å². The van der Waals surface area contributed by atoms with Crippen LogP contribution in [0.25, 0.3) is 16.8 Å². The second-order valence-corrected chi connectivity index (χ2v) is 4.48. The second-order valence-electron chi connectivity index (χ2n) is 4.48. The van der Waals surface area contributed by atoms with E-state index in [2.05, 4.69) is 5.43 Å². The number of nitrogens with two attached hydrogens (primary N) is 2. The van der Waals surface area contributed by atoms with Gasteiger partial charge in [0.1, 0.15) is 6.07 Å². The zero-order chi connectivity index (χ0) is 15.2. The van der Waals surface area contributed by atoms with Crippen molar-refractivity contribution in [3.63, 3.8) is 0 Å². The van der Waals surface area contributed by atoms with Gasteiger partial charge in [-0.1, -0.05) is 42.5 Å². The van der Waals surface area contributed by atoms with Crippen LogP contribution in [-0.4, -0.2) is 5.11 Å². The topological polar surface area (TPSA) is 108 Å². The van der Waals surface area contributed by atoms with Crippen LogP contribution in [0, 0.1) is 11.3 Å². The Kier molecular flexibility index (Phi) is 4.57. The number of aliphatic hydroxyl groups excluding tert-OH is 1. The van der Waals surface area contributed by atoms with E-state index in [4.69, 9.17) is 21.9 Å². The van der Waals surface area contributed by atoms with E-state index >= 15 is 0 Å². The predicted molar refractivity (Wildman–Crippen MR) is 81.8 cm³/mol. The van der Waals surface area contributed by atoms with Gasteiger partial charge in [-0.05, 0) is 22.8 Å². The van der Waals surface area contributed by atoms with E-state index in [0.29, 0.717) is 11.3 Å². The van der Waals surface area contributed by atoms with E-state index in [-0.39, 0.29) is 12.3 Å². The van der Waals surface area contributed by atoms with Crippen molar-refractivity contribution in [2.45, 2.75) is 6.61 Å². The van der Waals surface area contributed by atoms with Gasteiger partial charge in [0.05, 0.1) is 12.3 Å². The Hall–Kier alpha value is -2.81. The molecule has 0 aliphatic carbocycles. The van der Waals surface area contributed by atoms with E-state index in [1.807, 2.05) is 54.6 Å². The molecule has 0 amide bonds. The first-order chi connectivity index (χ1) is 10.2. The molecule has 5 nitrogen and oxygen atoms in total. The minimum Gasteiger partial charge on any atom is -0.396 e. The molecule has 2 rings (SSSR count). The molecule has 0 bridgehead atoms. The van der Waals surface area contributed by atoms with E-state index < -0.39 is 0 Å². The molecule has 0 aliphatic rings. The first kappa shape index (κ1) is 14.6. The fourth-order valence-electron chi connectivity index (χ4n) is 1.98. The molecule has 0 spiro atoms. The predicted octanol–water partition coefficient (Wildman–Crippen LogP) is 1.46. The summed E-state index contributed by atoms with van der Waals surface area (Å²) in [7, 11) is 0. The third kappa shape index (κ3) is 3.20. The zero-order valence-corrected chi connectivity index (χ0v) is 11.4.